The number of hydrogen-bond acceptors (Lipinski definition) is 4. The van der Waals surface area contributed by atoms with Crippen LogP contribution in [0.5, 0.6) is 5.75 Å². The van der Waals surface area contributed by atoms with Gasteiger partial charge in [0.15, 0.2) is 0 Å². The van der Waals surface area contributed by atoms with Gasteiger partial charge in [-0.25, -0.2) is 4.98 Å². The SMILES string of the molecule is CCC(NC(=O)CCc1c(C)nc(C)[nH]c1=O)c1ccc(OC)cc1. The molecule has 1 unspecified atom stereocenters. The van der Waals surface area contributed by atoms with Crippen LogP contribution >= 0.6 is 0 Å². The number of aromatic nitrogens is 2. The normalized spacial score (nSPS) is 11.8. The van der Waals surface area contributed by atoms with Crippen LogP contribution in [0.4, 0.5) is 0 Å². The first kappa shape index (κ1) is 18.7. The number of rotatable bonds is 7. The summed E-state index contributed by atoms with van der Waals surface area (Å²) < 4.78 is 5.16. The van der Waals surface area contributed by atoms with E-state index in [-0.39, 0.29) is 23.9 Å². The van der Waals surface area contributed by atoms with Crippen molar-refractivity contribution in [1.82, 2.24) is 15.3 Å². The summed E-state index contributed by atoms with van der Waals surface area (Å²) >= 11 is 0. The quantitative estimate of drug-likeness (QED) is 0.809. The van der Waals surface area contributed by atoms with Gasteiger partial charge in [-0.2, -0.15) is 0 Å². The topological polar surface area (TPSA) is 84.1 Å². The third-order valence-corrected chi connectivity index (χ3v) is 4.20. The maximum Gasteiger partial charge on any atom is 0.254 e. The molecule has 0 spiro atoms. The van der Waals surface area contributed by atoms with Crippen molar-refractivity contribution in [2.24, 2.45) is 0 Å². The third kappa shape index (κ3) is 4.92. The molecule has 2 rings (SSSR count). The highest BCUT2D eigenvalue weighted by molar-refractivity contribution is 5.76. The van der Waals surface area contributed by atoms with Crippen LogP contribution in [-0.4, -0.2) is 23.0 Å². The summed E-state index contributed by atoms with van der Waals surface area (Å²) in [6.45, 7) is 5.56. The van der Waals surface area contributed by atoms with E-state index in [9.17, 15) is 9.59 Å². The van der Waals surface area contributed by atoms with Crippen LogP contribution in [0.15, 0.2) is 29.1 Å². The molecule has 0 saturated heterocycles. The van der Waals surface area contributed by atoms with Crippen LogP contribution in [-0.2, 0) is 11.2 Å². The fourth-order valence-electron chi connectivity index (χ4n) is 2.81. The minimum Gasteiger partial charge on any atom is -0.497 e. The lowest BCUT2D eigenvalue weighted by atomic mass is 10.0. The van der Waals surface area contributed by atoms with Gasteiger partial charge in [0.25, 0.3) is 5.56 Å². The van der Waals surface area contributed by atoms with E-state index < -0.39 is 0 Å². The Morgan fingerprint density at radius 3 is 2.52 bits per heavy atom. The van der Waals surface area contributed by atoms with E-state index in [0.29, 0.717) is 23.5 Å². The molecule has 6 heteroatoms. The van der Waals surface area contributed by atoms with Crippen LogP contribution < -0.4 is 15.6 Å². The molecule has 1 heterocycles. The molecule has 0 bridgehead atoms. The summed E-state index contributed by atoms with van der Waals surface area (Å²) in [6.07, 6.45) is 1.41. The highest BCUT2D eigenvalue weighted by Crippen LogP contribution is 2.20. The fraction of sp³-hybridized carbons (Fsp3) is 0.421. The first-order valence-electron chi connectivity index (χ1n) is 8.44. The summed E-state index contributed by atoms with van der Waals surface area (Å²) in [6, 6.07) is 7.60. The number of benzene rings is 1. The monoisotopic (exact) mass is 343 g/mol. The molecule has 6 nitrogen and oxygen atoms in total. The standard InChI is InChI=1S/C19H25N3O3/c1-5-17(14-6-8-15(25-4)9-7-14)22-18(23)11-10-16-12(2)20-13(3)21-19(16)24/h6-9,17H,5,10-11H2,1-4H3,(H,22,23)(H,20,21,24). The second kappa shape index (κ2) is 8.46. The molecule has 1 aromatic heterocycles. The molecule has 0 aliphatic heterocycles. The number of nitrogens with zero attached hydrogens (tertiary/aromatic N) is 1. The number of ether oxygens (including phenoxy) is 1. The first-order valence-corrected chi connectivity index (χ1v) is 8.44. The highest BCUT2D eigenvalue weighted by Gasteiger charge is 2.14. The van der Waals surface area contributed by atoms with Crippen LogP contribution in [0, 0.1) is 13.8 Å². The predicted octanol–water partition coefficient (Wildman–Crippen LogP) is 2.60. The summed E-state index contributed by atoms with van der Waals surface area (Å²) in [7, 11) is 1.62. The van der Waals surface area contributed by atoms with E-state index in [1.807, 2.05) is 31.2 Å². The fourth-order valence-corrected chi connectivity index (χ4v) is 2.81. The zero-order chi connectivity index (χ0) is 18.4. The Kier molecular flexibility index (Phi) is 6.33. The molecule has 2 aromatic rings. The van der Waals surface area contributed by atoms with Crippen molar-refractivity contribution in [3.05, 3.63) is 57.3 Å². The maximum atomic E-state index is 12.3. The average molecular weight is 343 g/mol. The third-order valence-electron chi connectivity index (χ3n) is 4.20. The molecule has 2 N–H and O–H groups in total. The van der Waals surface area contributed by atoms with Crippen molar-refractivity contribution < 1.29 is 9.53 Å². The van der Waals surface area contributed by atoms with E-state index in [4.69, 9.17) is 4.74 Å². The molecule has 0 saturated carbocycles. The number of H-pyrrole nitrogens is 1. The van der Waals surface area contributed by atoms with E-state index in [1.54, 1.807) is 21.0 Å². The van der Waals surface area contributed by atoms with Gasteiger partial charge in [-0.3, -0.25) is 9.59 Å². The van der Waals surface area contributed by atoms with Crippen LogP contribution in [0.1, 0.15) is 48.5 Å². The lowest BCUT2D eigenvalue weighted by Gasteiger charge is -2.18. The number of carbonyl (C=O) groups excluding carboxylic acids is 1. The van der Waals surface area contributed by atoms with Crippen LogP contribution in [0.3, 0.4) is 0 Å². The molecule has 0 fully saturated rings. The Balaban J connectivity index is 1.99. The first-order chi connectivity index (χ1) is 11.9. The van der Waals surface area contributed by atoms with Gasteiger partial charge in [0.05, 0.1) is 13.2 Å². The van der Waals surface area contributed by atoms with Gasteiger partial charge in [-0.15, -0.1) is 0 Å². The Bertz CT molecular complexity index is 781. The molecular weight excluding hydrogens is 318 g/mol. The second-order valence-electron chi connectivity index (χ2n) is 6.02. The van der Waals surface area contributed by atoms with E-state index >= 15 is 0 Å². The maximum absolute atomic E-state index is 12.3. The summed E-state index contributed by atoms with van der Waals surface area (Å²) in [4.78, 5) is 31.2. The van der Waals surface area contributed by atoms with Gasteiger partial charge in [0, 0.05) is 17.7 Å². The second-order valence-corrected chi connectivity index (χ2v) is 6.02. The smallest absolute Gasteiger partial charge is 0.254 e. The van der Waals surface area contributed by atoms with Crippen molar-refractivity contribution in [3.8, 4) is 5.75 Å². The largest absolute Gasteiger partial charge is 0.497 e. The van der Waals surface area contributed by atoms with Crippen molar-refractivity contribution in [2.75, 3.05) is 7.11 Å². The number of methoxy groups -OCH3 is 1. The molecule has 1 amide bonds. The van der Waals surface area contributed by atoms with E-state index in [1.165, 1.54) is 0 Å². The molecule has 0 radical (unpaired) electrons. The molecule has 0 aliphatic rings. The molecule has 1 aromatic carbocycles. The number of nitrogens with one attached hydrogen (secondary N) is 2. The zero-order valence-corrected chi connectivity index (χ0v) is 15.2. The van der Waals surface area contributed by atoms with Gasteiger partial charge >= 0.3 is 0 Å². The van der Waals surface area contributed by atoms with Crippen molar-refractivity contribution in [1.29, 1.82) is 0 Å². The lowest BCUT2D eigenvalue weighted by Crippen LogP contribution is -2.29. The number of carbonyl (C=O) groups is 1. The molecule has 1 atom stereocenters. The predicted molar refractivity (Wildman–Crippen MR) is 96.8 cm³/mol. The van der Waals surface area contributed by atoms with Crippen LogP contribution in [0.25, 0.3) is 0 Å². The minimum atomic E-state index is -0.167. The number of hydrogen-bond donors (Lipinski definition) is 2. The van der Waals surface area contributed by atoms with Crippen molar-refractivity contribution in [3.63, 3.8) is 0 Å². The van der Waals surface area contributed by atoms with E-state index in [0.717, 1.165) is 17.7 Å². The Morgan fingerprint density at radius 1 is 1.28 bits per heavy atom. The Hall–Kier alpha value is -2.63. The summed E-state index contributed by atoms with van der Waals surface area (Å²) in [5.74, 6) is 1.29. The summed E-state index contributed by atoms with van der Waals surface area (Å²) in [5, 5.41) is 3.03. The van der Waals surface area contributed by atoms with Gasteiger partial charge in [-0.1, -0.05) is 19.1 Å². The molecular formula is C19H25N3O3. The van der Waals surface area contributed by atoms with Gasteiger partial charge in [0.2, 0.25) is 5.91 Å². The van der Waals surface area contributed by atoms with Gasteiger partial charge < -0.3 is 15.0 Å². The number of aromatic amines is 1. The van der Waals surface area contributed by atoms with Gasteiger partial charge in [0.1, 0.15) is 11.6 Å². The lowest BCUT2D eigenvalue weighted by molar-refractivity contribution is -0.121. The Morgan fingerprint density at radius 2 is 1.96 bits per heavy atom. The molecule has 0 aliphatic carbocycles. The van der Waals surface area contributed by atoms with Gasteiger partial charge in [-0.05, 0) is 44.4 Å². The highest BCUT2D eigenvalue weighted by atomic mass is 16.5. The number of amides is 1. The molecule has 25 heavy (non-hydrogen) atoms. The minimum absolute atomic E-state index is 0.0612. The van der Waals surface area contributed by atoms with Crippen LogP contribution in [0.2, 0.25) is 0 Å². The van der Waals surface area contributed by atoms with E-state index in [2.05, 4.69) is 15.3 Å². The zero-order valence-electron chi connectivity index (χ0n) is 15.2. The van der Waals surface area contributed by atoms with Crippen molar-refractivity contribution >= 4 is 5.91 Å². The number of aryl methyl sites for hydroxylation is 2. The molecule has 134 valence electrons. The Labute approximate surface area is 147 Å². The summed E-state index contributed by atoms with van der Waals surface area (Å²) in [5.41, 5.74) is 2.11. The average Bonchev–Trinajstić information content (AvgIpc) is 2.59. The van der Waals surface area contributed by atoms with Crippen molar-refractivity contribution in [2.45, 2.75) is 46.1 Å².